The fourth-order valence-corrected chi connectivity index (χ4v) is 3.84. The van der Waals surface area contributed by atoms with Crippen molar-refractivity contribution in [1.29, 1.82) is 0 Å². The molecular formula is C20H22ClNO4S. The summed E-state index contributed by atoms with van der Waals surface area (Å²) in [6.07, 6.45) is 0. The SMILES string of the molecule is CO.COC(=O)c1cc2cc(CCl)n(Sc3ccc(C)cc3)c2cc1OC. The lowest BCUT2D eigenvalue weighted by molar-refractivity contribution is 0.0597. The molecule has 0 radical (unpaired) electrons. The van der Waals surface area contributed by atoms with E-state index in [0.717, 1.165) is 28.6 Å². The second-order valence-electron chi connectivity index (χ2n) is 5.57. The maximum atomic E-state index is 12.0. The lowest BCUT2D eigenvalue weighted by atomic mass is 10.1. The number of nitrogens with zero attached hydrogens (tertiary/aromatic N) is 1. The minimum Gasteiger partial charge on any atom is -0.496 e. The summed E-state index contributed by atoms with van der Waals surface area (Å²) in [4.78, 5) is 13.1. The van der Waals surface area contributed by atoms with Gasteiger partial charge in [0, 0.05) is 29.2 Å². The summed E-state index contributed by atoms with van der Waals surface area (Å²) in [5, 5.41) is 7.91. The third-order valence-electron chi connectivity index (χ3n) is 3.91. The van der Waals surface area contributed by atoms with Gasteiger partial charge in [-0.2, -0.15) is 0 Å². The lowest BCUT2D eigenvalue weighted by Crippen LogP contribution is -2.04. The van der Waals surface area contributed by atoms with Crippen molar-refractivity contribution in [2.75, 3.05) is 21.3 Å². The van der Waals surface area contributed by atoms with E-state index in [0.29, 0.717) is 17.2 Å². The number of fused-ring (bicyclic) bond motifs is 1. The highest BCUT2D eigenvalue weighted by Crippen LogP contribution is 2.34. The Labute approximate surface area is 168 Å². The van der Waals surface area contributed by atoms with Gasteiger partial charge in [0.15, 0.2) is 0 Å². The van der Waals surface area contributed by atoms with Gasteiger partial charge < -0.3 is 14.6 Å². The van der Waals surface area contributed by atoms with E-state index in [-0.39, 0.29) is 0 Å². The van der Waals surface area contributed by atoms with Crippen molar-refractivity contribution < 1.29 is 19.4 Å². The number of rotatable bonds is 5. The first kappa shape index (κ1) is 21.2. The Morgan fingerprint density at radius 2 is 1.81 bits per heavy atom. The van der Waals surface area contributed by atoms with Crippen molar-refractivity contribution in [3.05, 3.63) is 59.3 Å². The van der Waals surface area contributed by atoms with Crippen LogP contribution in [0.2, 0.25) is 0 Å². The molecule has 0 spiro atoms. The fourth-order valence-electron chi connectivity index (χ4n) is 2.61. The minimum atomic E-state index is -0.426. The number of carbonyl (C=O) groups is 1. The van der Waals surface area contributed by atoms with E-state index in [2.05, 4.69) is 35.2 Å². The maximum Gasteiger partial charge on any atom is 0.341 e. The molecule has 0 aliphatic carbocycles. The van der Waals surface area contributed by atoms with Crippen LogP contribution in [0.15, 0.2) is 47.4 Å². The summed E-state index contributed by atoms with van der Waals surface area (Å²) in [7, 11) is 3.89. The third-order valence-corrected chi connectivity index (χ3v) is 5.28. The van der Waals surface area contributed by atoms with E-state index in [1.807, 2.05) is 12.1 Å². The van der Waals surface area contributed by atoms with Gasteiger partial charge in [-0.15, -0.1) is 11.6 Å². The van der Waals surface area contributed by atoms with Crippen LogP contribution >= 0.6 is 23.5 Å². The highest BCUT2D eigenvalue weighted by atomic mass is 35.5. The van der Waals surface area contributed by atoms with Gasteiger partial charge in [0.05, 0.1) is 25.6 Å². The summed E-state index contributed by atoms with van der Waals surface area (Å²) in [5.41, 5.74) is 3.50. The van der Waals surface area contributed by atoms with E-state index in [1.54, 1.807) is 18.0 Å². The molecule has 0 saturated heterocycles. The molecule has 1 heterocycles. The predicted molar refractivity (Wildman–Crippen MR) is 110 cm³/mol. The van der Waals surface area contributed by atoms with Gasteiger partial charge in [-0.05, 0) is 43.1 Å². The Kier molecular flexibility index (Phi) is 7.59. The zero-order valence-corrected chi connectivity index (χ0v) is 17.2. The number of esters is 1. The van der Waals surface area contributed by atoms with E-state index in [4.69, 9.17) is 26.2 Å². The van der Waals surface area contributed by atoms with Crippen LogP contribution in [-0.2, 0) is 10.6 Å². The van der Waals surface area contributed by atoms with Gasteiger partial charge in [0.2, 0.25) is 0 Å². The fraction of sp³-hybridized carbons (Fsp3) is 0.250. The summed E-state index contributed by atoms with van der Waals surface area (Å²) >= 11 is 7.72. The van der Waals surface area contributed by atoms with Crippen molar-refractivity contribution in [1.82, 2.24) is 3.97 Å². The number of hydrogen-bond donors (Lipinski definition) is 1. The van der Waals surface area contributed by atoms with Crippen LogP contribution in [-0.4, -0.2) is 36.4 Å². The third kappa shape index (κ3) is 4.58. The quantitative estimate of drug-likeness (QED) is 0.492. The molecule has 5 nitrogen and oxygen atoms in total. The van der Waals surface area contributed by atoms with Crippen LogP contribution in [0.4, 0.5) is 0 Å². The number of aromatic nitrogens is 1. The van der Waals surface area contributed by atoms with E-state index < -0.39 is 5.97 Å². The van der Waals surface area contributed by atoms with E-state index in [1.165, 1.54) is 19.8 Å². The number of aliphatic hydroxyl groups is 1. The number of halogens is 1. The van der Waals surface area contributed by atoms with Crippen LogP contribution in [0.5, 0.6) is 5.75 Å². The molecule has 1 N–H and O–H groups in total. The molecule has 0 aliphatic rings. The first-order valence-electron chi connectivity index (χ1n) is 8.13. The monoisotopic (exact) mass is 407 g/mol. The van der Waals surface area contributed by atoms with Gasteiger partial charge in [0.25, 0.3) is 0 Å². The molecule has 0 bridgehead atoms. The first-order valence-corrected chi connectivity index (χ1v) is 9.44. The standard InChI is InChI=1S/C19H18ClNO3S.CH4O/c1-12-4-6-15(7-5-12)25-21-14(11-20)8-13-9-16(19(22)24-3)18(23-2)10-17(13)21;1-2/h4-10H,11H2,1-3H3;2H,1H3. The summed E-state index contributed by atoms with van der Waals surface area (Å²) in [6, 6.07) is 13.9. The van der Waals surface area contributed by atoms with E-state index >= 15 is 0 Å². The molecule has 1 aromatic heterocycles. The number of alkyl halides is 1. The van der Waals surface area contributed by atoms with Crippen LogP contribution in [0, 0.1) is 6.92 Å². The van der Waals surface area contributed by atoms with Crippen molar-refractivity contribution in [2.24, 2.45) is 0 Å². The summed E-state index contributed by atoms with van der Waals surface area (Å²) in [6.45, 7) is 2.06. The van der Waals surface area contributed by atoms with Crippen LogP contribution < -0.4 is 4.74 Å². The van der Waals surface area contributed by atoms with Gasteiger partial charge in [-0.3, -0.25) is 3.97 Å². The molecule has 2 aromatic carbocycles. The highest BCUT2D eigenvalue weighted by molar-refractivity contribution is 7.98. The number of carbonyl (C=O) groups excluding carboxylic acids is 1. The van der Waals surface area contributed by atoms with Gasteiger partial charge in [-0.25, -0.2) is 4.79 Å². The number of aryl methyl sites for hydroxylation is 1. The van der Waals surface area contributed by atoms with Crippen LogP contribution in [0.1, 0.15) is 21.6 Å². The normalized spacial score (nSPS) is 10.3. The average molecular weight is 408 g/mol. The second-order valence-corrected chi connectivity index (χ2v) is 6.86. The molecule has 0 fully saturated rings. The maximum absolute atomic E-state index is 12.0. The molecular weight excluding hydrogens is 386 g/mol. The smallest absolute Gasteiger partial charge is 0.341 e. The number of hydrogen-bond acceptors (Lipinski definition) is 5. The molecule has 144 valence electrons. The van der Waals surface area contributed by atoms with Gasteiger partial charge >= 0.3 is 5.97 Å². The number of ether oxygens (including phenoxy) is 2. The molecule has 3 aromatic rings. The van der Waals surface area contributed by atoms with Crippen molar-refractivity contribution in [2.45, 2.75) is 17.7 Å². The van der Waals surface area contributed by atoms with Crippen molar-refractivity contribution >= 4 is 40.4 Å². The zero-order valence-electron chi connectivity index (χ0n) is 15.7. The van der Waals surface area contributed by atoms with Crippen LogP contribution in [0.25, 0.3) is 10.9 Å². The molecule has 3 rings (SSSR count). The van der Waals surface area contributed by atoms with Crippen molar-refractivity contribution in [3.63, 3.8) is 0 Å². The lowest BCUT2D eigenvalue weighted by Gasteiger charge is -2.11. The Balaban J connectivity index is 0.00000126. The molecule has 0 atom stereocenters. The first-order chi connectivity index (χ1) is 13.1. The largest absolute Gasteiger partial charge is 0.496 e. The predicted octanol–water partition coefficient (Wildman–Crippen LogP) is 4.65. The molecule has 27 heavy (non-hydrogen) atoms. The highest BCUT2D eigenvalue weighted by Gasteiger charge is 2.18. The molecule has 0 unspecified atom stereocenters. The van der Waals surface area contributed by atoms with E-state index in [9.17, 15) is 4.79 Å². The number of aliphatic hydroxyl groups excluding tert-OH is 1. The van der Waals surface area contributed by atoms with Crippen LogP contribution in [0.3, 0.4) is 0 Å². The second kappa shape index (κ2) is 9.69. The Hall–Kier alpha value is -2.15. The topological polar surface area (TPSA) is 60.7 Å². The molecule has 0 amide bonds. The van der Waals surface area contributed by atoms with Gasteiger partial charge in [0.1, 0.15) is 11.3 Å². The Morgan fingerprint density at radius 3 is 2.37 bits per heavy atom. The summed E-state index contributed by atoms with van der Waals surface area (Å²) in [5.74, 6) is 0.415. The molecule has 0 saturated carbocycles. The molecule has 0 aliphatic heterocycles. The minimum absolute atomic E-state index is 0.364. The number of benzene rings is 2. The average Bonchev–Trinajstić information content (AvgIpc) is 3.06. The Morgan fingerprint density at radius 1 is 1.15 bits per heavy atom. The zero-order chi connectivity index (χ0) is 20.0. The summed E-state index contributed by atoms with van der Waals surface area (Å²) < 4.78 is 12.3. The molecule has 7 heteroatoms. The van der Waals surface area contributed by atoms with Crippen molar-refractivity contribution in [3.8, 4) is 5.75 Å². The Bertz CT molecular complexity index is 922. The number of methoxy groups -OCH3 is 2. The van der Waals surface area contributed by atoms with Gasteiger partial charge in [-0.1, -0.05) is 17.7 Å².